The highest BCUT2D eigenvalue weighted by atomic mass is 19.4. The summed E-state index contributed by atoms with van der Waals surface area (Å²) >= 11 is 0. The molecule has 6 rings (SSSR count). The van der Waals surface area contributed by atoms with Gasteiger partial charge in [0.15, 0.2) is 17.5 Å². The van der Waals surface area contributed by atoms with Crippen molar-refractivity contribution < 1.29 is 31.1 Å². The third-order valence-electron chi connectivity index (χ3n) is 7.36. The van der Waals surface area contributed by atoms with Gasteiger partial charge in [-0.3, -0.25) is 9.48 Å². The van der Waals surface area contributed by atoms with E-state index in [2.05, 4.69) is 15.3 Å². The fourth-order valence-corrected chi connectivity index (χ4v) is 5.83. The number of benzene rings is 2. The van der Waals surface area contributed by atoms with Gasteiger partial charge in [-0.05, 0) is 49.9 Å². The predicted octanol–water partition coefficient (Wildman–Crippen LogP) is 5.40. The molecule has 2 aromatic heterocycles. The van der Waals surface area contributed by atoms with Gasteiger partial charge in [0, 0.05) is 24.2 Å². The molecule has 2 unspecified atom stereocenters. The van der Waals surface area contributed by atoms with Crippen molar-refractivity contribution in [3.63, 3.8) is 0 Å². The number of alkyl halides is 3. The molecule has 0 spiro atoms. The minimum Gasteiger partial charge on any atom is -0.327 e. The Morgan fingerprint density at radius 3 is 2.38 bits per heavy atom. The van der Waals surface area contributed by atoms with E-state index in [4.69, 9.17) is 0 Å². The largest absolute Gasteiger partial charge is 0.418 e. The fourth-order valence-electron chi connectivity index (χ4n) is 5.83. The predicted molar refractivity (Wildman–Crippen MR) is 125 cm³/mol. The minimum absolute atomic E-state index is 0.102. The van der Waals surface area contributed by atoms with E-state index in [9.17, 15) is 31.1 Å². The Bertz CT molecular complexity index is 1570. The standard InChI is InChI=1S/C26H20F6N6O/c1-36-23(13-10-18(27)21(29)19(28)11-13)16-12-14-4-2-7-20(22(16)35-36)37(14)25(39)15-5-3-6-17(26(30,31)32)24(15)38-33-8-9-34-38/h3,5-6,8-11,14,20H,2,4,7,12H2,1H3. The van der Waals surface area contributed by atoms with Gasteiger partial charge in [-0.1, -0.05) is 6.07 Å². The Morgan fingerprint density at radius 1 is 1.03 bits per heavy atom. The summed E-state index contributed by atoms with van der Waals surface area (Å²) < 4.78 is 85.1. The summed E-state index contributed by atoms with van der Waals surface area (Å²) in [5.41, 5.74) is -0.0685. The minimum atomic E-state index is -4.76. The van der Waals surface area contributed by atoms with E-state index in [1.54, 1.807) is 11.9 Å². The Kier molecular flexibility index (Phi) is 5.77. The first-order chi connectivity index (χ1) is 18.6. The van der Waals surface area contributed by atoms with E-state index in [1.807, 2.05) is 0 Å². The number of hydrogen-bond acceptors (Lipinski definition) is 4. The van der Waals surface area contributed by atoms with E-state index >= 15 is 0 Å². The quantitative estimate of drug-likeness (QED) is 0.255. The van der Waals surface area contributed by atoms with Crippen molar-refractivity contribution in [1.29, 1.82) is 0 Å². The number of aromatic nitrogens is 5. The normalized spacial score (nSPS) is 18.8. The molecule has 7 nitrogen and oxygen atoms in total. The van der Waals surface area contributed by atoms with Crippen molar-refractivity contribution in [1.82, 2.24) is 29.7 Å². The van der Waals surface area contributed by atoms with E-state index in [1.165, 1.54) is 29.2 Å². The summed E-state index contributed by atoms with van der Waals surface area (Å²) in [6.45, 7) is 0. The number of halogens is 6. The lowest BCUT2D eigenvalue weighted by Crippen LogP contribution is -2.50. The number of carbonyl (C=O) groups excluding carboxylic acids is 1. The zero-order valence-electron chi connectivity index (χ0n) is 20.4. The number of rotatable bonds is 3. The summed E-state index contributed by atoms with van der Waals surface area (Å²) in [6, 6.07) is 4.17. The summed E-state index contributed by atoms with van der Waals surface area (Å²) in [5, 5.41) is 12.3. The molecule has 2 aromatic carbocycles. The number of para-hydroxylation sites is 1. The molecule has 1 saturated heterocycles. The van der Waals surface area contributed by atoms with Crippen LogP contribution in [-0.2, 0) is 19.6 Å². The number of nitrogens with zero attached hydrogens (tertiary/aromatic N) is 6. The van der Waals surface area contributed by atoms with E-state index in [-0.39, 0.29) is 17.5 Å². The smallest absolute Gasteiger partial charge is 0.327 e. The average molecular weight is 546 g/mol. The van der Waals surface area contributed by atoms with E-state index in [0.717, 1.165) is 29.4 Å². The van der Waals surface area contributed by atoms with E-state index in [0.29, 0.717) is 29.8 Å². The number of carbonyl (C=O) groups is 1. The molecule has 13 heteroatoms. The van der Waals surface area contributed by atoms with Crippen molar-refractivity contribution in [2.45, 2.75) is 43.9 Å². The molecule has 0 aliphatic carbocycles. The zero-order chi connectivity index (χ0) is 27.6. The molecular weight excluding hydrogens is 526 g/mol. The molecule has 4 heterocycles. The van der Waals surface area contributed by atoms with Crippen molar-refractivity contribution in [3.8, 4) is 16.9 Å². The number of amides is 1. The third-order valence-corrected chi connectivity index (χ3v) is 7.36. The Hall–Kier alpha value is -4.16. The summed E-state index contributed by atoms with van der Waals surface area (Å²) in [5.74, 6) is -4.87. The number of hydrogen-bond donors (Lipinski definition) is 0. The number of fused-ring (bicyclic) bond motifs is 4. The van der Waals surface area contributed by atoms with Gasteiger partial charge >= 0.3 is 6.18 Å². The lowest BCUT2D eigenvalue weighted by atomic mass is 9.81. The van der Waals surface area contributed by atoms with Crippen LogP contribution in [0.1, 0.15) is 52.5 Å². The molecular formula is C26H20F6N6O. The van der Waals surface area contributed by atoms with Crippen LogP contribution in [0.3, 0.4) is 0 Å². The van der Waals surface area contributed by atoms with Gasteiger partial charge in [0.1, 0.15) is 5.69 Å². The molecule has 2 atom stereocenters. The van der Waals surface area contributed by atoms with Crippen LogP contribution < -0.4 is 0 Å². The monoisotopic (exact) mass is 546 g/mol. The first kappa shape index (κ1) is 25.1. The van der Waals surface area contributed by atoms with Crippen LogP contribution in [-0.4, -0.2) is 41.6 Å². The average Bonchev–Trinajstić information content (AvgIpc) is 3.53. The summed E-state index contributed by atoms with van der Waals surface area (Å²) in [4.78, 5) is 16.4. The summed E-state index contributed by atoms with van der Waals surface area (Å²) in [6.07, 6.45) is -0.252. The van der Waals surface area contributed by atoms with Crippen LogP contribution in [0.2, 0.25) is 0 Å². The topological polar surface area (TPSA) is 68.8 Å². The second-order valence-electron chi connectivity index (χ2n) is 9.62. The van der Waals surface area contributed by atoms with Crippen LogP contribution in [0.5, 0.6) is 0 Å². The molecule has 202 valence electrons. The maximum atomic E-state index is 14.1. The summed E-state index contributed by atoms with van der Waals surface area (Å²) in [7, 11) is 1.58. The van der Waals surface area contributed by atoms with Crippen molar-refractivity contribution in [3.05, 3.63) is 82.6 Å². The van der Waals surface area contributed by atoms with Gasteiger partial charge in [0.05, 0.1) is 41.0 Å². The van der Waals surface area contributed by atoms with Crippen LogP contribution in [0.25, 0.3) is 16.9 Å². The fraction of sp³-hybridized carbons (Fsp3) is 0.308. The van der Waals surface area contributed by atoms with Crippen LogP contribution in [0.4, 0.5) is 26.3 Å². The van der Waals surface area contributed by atoms with Gasteiger partial charge in [-0.2, -0.15) is 33.3 Å². The first-order valence-corrected chi connectivity index (χ1v) is 12.2. The molecule has 0 radical (unpaired) electrons. The molecule has 0 N–H and O–H groups in total. The van der Waals surface area contributed by atoms with Gasteiger partial charge < -0.3 is 4.90 Å². The van der Waals surface area contributed by atoms with Crippen molar-refractivity contribution >= 4 is 5.91 Å². The lowest BCUT2D eigenvalue weighted by molar-refractivity contribution is -0.137. The van der Waals surface area contributed by atoms with Gasteiger partial charge in [0.25, 0.3) is 5.91 Å². The van der Waals surface area contributed by atoms with Gasteiger partial charge in [-0.15, -0.1) is 0 Å². The second kappa shape index (κ2) is 8.95. The van der Waals surface area contributed by atoms with Crippen molar-refractivity contribution in [2.75, 3.05) is 0 Å². The maximum absolute atomic E-state index is 14.1. The Labute approximate surface area is 217 Å². The highest BCUT2D eigenvalue weighted by molar-refractivity contribution is 5.99. The highest BCUT2D eigenvalue weighted by Crippen LogP contribution is 2.46. The SMILES string of the molecule is Cn1nc2c(c1-c1cc(F)c(F)c(F)c1)CC1CCCC2N1C(=O)c1cccc(C(F)(F)F)c1-n1nccn1. The highest BCUT2D eigenvalue weighted by Gasteiger charge is 2.45. The molecule has 0 saturated carbocycles. The lowest BCUT2D eigenvalue weighted by Gasteiger charge is -2.45. The maximum Gasteiger partial charge on any atom is 0.418 e. The molecule has 39 heavy (non-hydrogen) atoms. The third kappa shape index (κ3) is 3.98. The molecule has 4 aromatic rings. The van der Waals surface area contributed by atoms with Crippen LogP contribution >= 0.6 is 0 Å². The van der Waals surface area contributed by atoms with Gasteiger partial charge in [-0.25, -0.2) is 13.2 Å². The second-order valence-corrected chi connectivity index (χ2v) is 9.62. The van der Waals surface area contributed by atoms with E-state index < -0.39 is 52.9 Å². The van der Waals surface area contributed by atoms with Gasteiger partial charge in [0.2, 0.25) is 0 Å². The zero-order valence-corrected chi connectivity index (χ0v) is 20.4. The molecule has 1 amide bonds. The Morgan fingerprint density at radius 2 is 1.72 bits per heavy atom. The van der Waals surface area contributed by atoms with Crippen LogP contribution in [0.15, 0.2) is 42.7 Å². The molecule has 1 fully saturated rings. The number of piperidine rings is 1. The molecule has 2 aliphatic rings. The number of aryl methyl sites for hydroxylation is 1. The molecule has 2 bridgehead atoms. The molecule has 2 aliphatic heterocycles. The van der Waals surface area contributed by atoms with Crippen molar-refractivity contribution in [2.24, 2.45) is 7.05 Å². The van der Waals surface area contributed by atoms with Crippen LogP contribution in [0, 0.1) is 17.5 Å². The first-order valence-electron chi connectivity index (χ1n) is 12.2. The Balaban J connectivity index is 1.47.